The fourth-order valence-electron chi connectivity index (χ4n) is 4.32. The Hall–Kier alpha value is -4.34. The van der Waals surface area contributed by atoms with Crippen LogP contribution in [0.5, 0.6) is 5.75 Å². The molecule has 0 bridgehead atoms. The molecule has 10 heteroatoms. The van der Waals surface area contributed by atoms with Gasteiger partial charge in [-0.05, 0) is 78.7 Å². The third kappa shape index (κ3) is 7.25. The zero-order chi connectivity index (χ0) is 29.4. The van der Waals surface area contributed by atoms with E-state index >= 15 is 4.39 Å². The number of carbonyl (C=O) groups is 1. The molecule has 1 amide bonds. The van der Waals surface area contributed by atoms with E-state index in [2.05, 4.69) is 15.3 Å². The molecule has 212 valence electrons. The first-order chi connectivity index (χ1) is 19.8. The molecule has 8 nitrogen and oxygen atoms in total. The van der Waals surface area contributed by atoms with E-state index in [9.17, 15) is 4.79 Å². The summed E-state index contributed by atoms with van der Waals surface area (Å²) < 4.78 is 20.5. The second-order valence-electron chi connectivity index (χ2n) is 9.31. The summed E-state index contributed by atoms with van der Waals surface area (Å²) in [5.74, 6) is 0.241. The highest BCUT2D eigenvalue weighted by atomic mass is 35.5. The average molecular weight is 575 g/mol. The van der Waals surface area contributed by atoms with Crippen LogP contribution in [0, 0.1) is 5.82 Å². The van der Waals surface area contributed by atoms with Gasteiger partial charge in [0, 0.05) is 48.7 Å². The van der Waals surface area contributed by atoms with Crippen LogP contribution in [0.3, 0.4) is 0 Å². The van der Waals surface area contributed by atoms with Gasteiger partial charge in [0.1, 0.15) is 11.6 Å². The number of aliphatic imine (C=N–C) groups is 3. The molecule has 0 unspecified atom stereocenters. The molecular weight excluding hydrogens is 543 g/mol. The van der Waals surface area contributed by atoms with Gasteiger partial charge < -0.3 is 20.7 Å². The Bertz CT molecular complexity index is 1530. The number of fused-ring (bicyclic) bond motifs is 1. The number of halogens is 2. The molecule has 3 N–H and O–H groups in total. The first kappa shape index (κ1) is 29.6. The van der Waals surface area contributed by atoms with Crippen molar-refractivity contribution in [2.24, 2.45) is 20.7 Å². The highest BCUT2D eigenvalue weighted by Crippen LogP contribution is 2.30. The molecule has 0 spiro atoms. The normalized spacial score (nSPS) is 13.3. The standard InChI is InChI=1S/C31H32ClFN6O2/c1-35-31(38-24-12-9-21(10-13-24)30(40)39(2)15-5-14-34)37-19-20-16-22-8-11-23(32)17-25(22)29(36-18-20)28-26(33)6-4-7-27(28)41-3/h4,6-13,16-17,19H,5,14-15,18,34H2,1-3H3,(H,35,38)/b37-19-. The first-order valence-corrected chi connectivity index (χ1v) is 13.4. The predicted octanol–water partition coefficient (Wildman–Crippen LogP) is 5.31. The number of methoxy groups -OCH3 is 1. The molecule has 41 heavy (non-hydrogen) atoms. The van der Waals surface area contributed by atoms with Crippen molar-refractivity contribution in [3.05, 3.63) is 99.3 Å². The summed E-state index contributed by atoms with van der Waals surface area (Å²) >= 11 is 6.32. The van der Waals surface area contributed by atoms with Crippen molar-refractivity contribution >= 4 is 47.2 Å². The number of nitrogens with one attached hydrogen (secondary N) is 1. The van der Waals surface area contributed by atoms with Crippen LogP contribution in [0.2, 0.25) is 5.02 Å². The van der Waals surface area contributed by atoms with Gasteiger partial charge in [-0.3, -0.25) is 14.8 Å². The summed E-state index contributed by atoms with van der Waals surface area (Å²) in [5, 5.41) is 3.67. The van der Waals surface area contributed by atoms with Gasteiger partial charge in [0.2, 0.25) is 5.96 Å². The van der Waals surface area contributed by atoms with Crippen LogP contribution < -0.4 is 15.8 Å². The molecule has 1 aliphatic rings. The van der Waals surface area contributed by atoms with Crippen molar-refractivity contribution in [2.45, 2.75) is 6.42 Å². The van der Waals surface area contributed by atoms with Crippen molar-refractivity contribution in [1.82, 2.24) is 4.90 Å². The van der Waals surface area contributed by atoms with Crippen LogP contribution in [-0.2, 0) is 0 Å². The maximum absolute atomic E-state index is 15.0. The molecule has 3 aromatic rings. The van der Waals surface area contributed by atoms with Crippen molar-refractivity contribution in [3.63, 3.8) is 0 Å². The van der Waals surface area contributed by atoms with Crippen molar-refractivity contribution in [2.75, 3.05) is 46.2 Å². The van der Waals surface area contributed by atoms with Gasteiger partial charge in [0.25, 0.3) is 5.91 Å². The van der Waals surface area contributed by atoms with Crippen molar-refractivity contribution in [1.29, 1.82) is 0 Å². The van der Waals surface area contributed by atoms with E-state index in [0.717, 1.165) is 23.2 Å². The minimum atomic E-state index is -0.439. The summed E-state index contributed by atoms with van der Waals surface area (Å²) in [5.41, 5.74) is 9.86. The minimum Gasteiger partial charge on any atom is -0.496 e. The lowest BCUT2D eigenvalue weighted by Crippen LogP contribution is -2.28. The van der Waals surface area contributed by atoms with Crippen LogP contribution in [-0.4, -0.2) is 69.5 Å². The number of nitrogens with two attached hydrogens (primary N) is 1. The molecule has 0 radical (unpaired) electrons. The second-order valence-corrected chi connectivity index (χ2v) is 9.75. The summed E-state index contributed by atoms with van der Waals surface area (Å²) in [6.07, 6.45) is 4.35. The Morgan fingerprint density at radius 2 is 2.00 bits per heavy atom. The summed E-state index contributed by atoms with van der Waals surface area (Å²) in [7, 11) is 4.88. The number of hydrogen-bond acceptors (Lipinski definition) is 5. The summed E-state index contributed by atoms with van der Waals surface area (Å²) in [4.78, 5) is 27.8. The van der Waals surface area contributed by atoms with Gasteiger partial charge in [-0.15, -0.1) is 0 Å². The summed E-state index contributed by atoms with van der Waals surface area (Å²) in [6, 6.07) is 17.2. The number of ether oxygens (including phenoxy) is 1. The van der Waals surface area contributed by atoms with Gasteiger partial charge in [0.05, 0.1) is 24.9 Å². The zero-order valence-electron chi connectivity index (χ0n) is 23.2. The van der Waals surface area contributed by atoms with Gasteiger partial charge in [-0.2, -0.15) is 0 Å². The Kier molecular flexibility index (Phi) is 10.00. The van der Waals surface area contributed by atoms with E-state index < -0.39 is 5.82 Å². The topological polar surface area (TPSA) is 105 Å². The molecule has 3 aromatic carbocycles. The molecule has 0 aromatic heterocycles. The van der Waals surface area contributed by atoms with Crippen LogP contribution in [0.1, 0.15) is 33.5 Å². The van der Waals surface area contributed by atoms with E-state index in [-0.39, 0.29) is 18.0 Å². The number of rotatable bonds is 8. The zero-order valence-corrected chi connectivity index (χ0v) is 24.0. The second kappa shape index (κ2) is 13.8. The SMILES string of the molecule is C/N=C(\N=C/C1=Cc2ccc(Cl)cc2C(c2c(F)cccc2OC)=NC1)Nc1ccc(C(=O)N(C)CCCN)cc1. The lowest BCUT2D eigenvalue weighted by Gasteiger charge is -2.16. The Labute approximate surface area is 244 Å². The molecular formula is C31H32ClFN6O2. The van der Waals surface area contributed by atoms with Crippen LogP contribution in [0.4, 0.5) is 10.1 Å². The minimum absolute atomic E-state index is 0.0674. The number of anilines is 1. The highest BCUT2D eigenvalue weighted by molar-refractivity contribution is 6.31. The van der Waals surface area contributed by atoms with Crippen LogP contribution in [0.15, 0.2) is 81.2 Å². The maximum Gasteiger partial charge on any atom is 0.253 e. The molecule has 1 heterocycles. The van der Waals surface area contributed by atoms with E-state index in [4.69, 9.17) is 27.1 Å². The molecule has 1 aliphatic heterocycles. The number of nitrogens with zero attached hydrogens (tertiary/aromatic N) is 4. The number of carbonyl (C=O) groups excluding carboxylic acids is 1. The van der Waals surface area contributed by atoms with Crippen LogP contribution >= 0.6 is 11.6 Å². The Balaban J connectivity index is 1.55. The molecule has 0 fully saturated rings. The number of amides is 1. The van der Waals surface area contributed by atoms with Crippen molar-refractivity contribution < 1.29 is 13.9 Å². The molecule has 0 saturated carbocycles. The Morgan fingerprint density at radius 1 is 1.22 bits per heavy atom. The van der Waals surface area contributed by atoms with E-state index in [1.54, 1.807) is 73.7 Å². The van der Waals surface area contributed by atoms with E-state index in [0.29, 0.717) is 46.7 Å². The van der Waals surface area contributed by atoms with Gasteiger partial charge in [0.15, 0.2) is 0 Å². The largest absolute Gasteiger partial charge is 0.496 e. The third-order valence-corrected chi connectivity index (χ3v) is 6.70. The lowest BCUT2D eigenvalue weighted by molar-refractivity contribution is 0.0794. The quantitative estimate of drug-likeness (QED) is 0.281. The smallest absolute Gasteiger partial charge is 0.253 e. The lowest BCUT2D eigenvalue weighted by atomic mass is 9.96. The monoisotopic (exact) mass is 574 g/mol. The third-order valence-electron chi connectivity index (χ3n) is 6.46. The van der Waals surface area contributed by atoms with Crippen molar-refractivity contribution in [3.8, 4) is 5.75 Å². The highest BCUT2D eigenvalue weighted by Gasteiger charge is 2.22. The van der Waals surface area contributed by atoms with Gasteiger partial charge >= 0.3 is 0 Å². The first-order valence-electron chi connectivity index (χ1n) is 13.1. The average Bonchev–Trinajstić information content (AvgIpc) is 3.16. The van der Waals surface area contributed by atoms with E-state index in [1.165, 1.54) is 13.2 Å². The molecule has 0 saturated heterocycles. The van der Waals surface area contributed by atoms with Crippen LogP contribution in [0.25, 0.3) is 6.08 Å². The predicted molar refractivity (Wildman–Crippen MR) is 165 cm³/mol. The fraction of sp³-hybridized carbons (Fsp3) is 0.226. The fourth-order valence-corrected chi connectivity index (χ4v) is 4.49. The van der Waals surface area contributed by atoms with E-state index in [1.807, 2.05) is 12.1 Å². The summed E-state index contributed by atoms with van der Waals surface area (Å²) in [6.45, 7) is 1.38. The van der Waals surface area contributed by atoms with Gasteiger partial charge in [-0.1, -0.05) is 23.7 Å². The maximum atomic E-state index is 15.0. The number of benzene rings is 3. The number of guanidine groups is 1. The Morgan fingerprint density at radius 3 is 2.71 bits per heavy atom. The molecule has 4 rings (SSSR count). The molecule has 0 aliphatic carbocycles. The number of hydrogen-bond donors (Lipinski definition) is 2. The van der Waals surface area contributed by atoms with Gasteiger partial charge in [-0.25, -0.2) is 9.38 Å². The molecule has 0 atom stereocenters.